The van der Waals surface area contributed by atoms with Gasteiger partial charge in [0, 0.05) is 13.7 Å². The maximum Gasteiger partial charge on any atom is 0.411 e. The van der Waals surface area contributed by atoms with Gasteiger partial charge in [0.25, 0.3) is 0 Å². The van der Waals surface area contributed by atoms with Crippen LogP contribution in [0.4, 0.5) is 10.5 Å². The van der Waals surface area contributed by atoms with Gasteiger partial charge in [-0.15, -0.1) is 0 Å². The Hall–Kier alpha value is -1.55. The van der Waals surface area contributed by atoms with E-state index in [0.717, 1.165) is 11.3 Å². The largest absolute Gasteiger partial charge is 0.448 e. The molecule has 1 rings (SSSR count). The van der Waals surface area contributed by atoms with Crippen molar-refractivity contribution in [3.05, 3.63) is 29.8 Å². The van der Waals surface area contributed by atoms with Gasteiger partial charge in [-0.05, 0) is 19.1 Å². The topological polar surface area (TPSA) is 64.3 Å². The van der Waals surface area contributed by atoms with Gasteiger partial charge in [0.1, 0.15) is 6.61 Å². The molecule has 0 aliphatic carbocycles. The van der Waals surface area contributed by atoms with Crippen LogP contribution in [-0.2, 0) is 4.74 Å². The fraction of sp³-hybridized carbons (Fsp3) is 0.300. The Kier molecular flexibility index (Phi) is 3.94. The highest BCUT2D eigenvalue weighted by atomic mass is 16.5. The standard InChI is InChI=1S/C10H14N2O2.H2/c1-8-2-4-9(5-3-8)12-10(13)14-7-6-11;/h2-5H,6-7,11H2,1H3,(H,12,13);1H. The van der Waals surface area contributed by atoms with E-state index < -0.39 is 6.09 Å². The molecule has 0 bridgehead atoms. The van der Waals surface area contributed by atoms with Crippen molar-refractivity contribution in [2.45, 2.75) is 6.92 Å². The van der Waals surface area contributed by atoms with Gasteiger partial charge in [0.05, 0.1) is 0 Å². The fourth-order valence-corrected chi connectivity index (χ4v) is 0.942. The van der Waals surface area contributed by atoms with Gasteiger partial charge in [0.15, 0.2) is 0 Å². The molecule has 78 valence electrons. The third-order valence-corrected chi connectivity index (χ3v) is 1.65. The van der Waals surface area contributed by atoms with Crippen LogP contribution < -0.4 is 11.1 Å². The van der Waals surface area contributed by atoms with E-state index in [2.05, 4.69) is 5.32 Å². The predicted octanol–water partition coefficient (Wildman–Crippen LogP) is 1.75. The second kappa shape index (κ2) is 5.24. The number of rotatable bonds is 3. The fourth-order valence-electron chi connectivity index (χ4n) is 0.942. The van der Waals surface area contributed by atoms with Crippen LogP contribution in [-0.4, -0.2) is 19.2 Å². The van der Waals surface area contributed by atoms with Crippen molar-refractivity contribution in [2.75, 3.05) is 18.5 Å². The highest BCUT2D eigenvalue weighted by Crippen LogP contribution is 2.08. The molecule has 14 heavy (non-hydrogen) atoms. The molecule has 0 saturated carbocycles. The molecular formula is C10H16N2O2. The zero-order chi connectivity index (χ0) is 10.4. The monoisotopic (exact) mass is 196 g/mol. The van der Waals surface area contributed by atoms with E-state index in [1.807, 2.05) is 31.2 Å². The third kappa shape index (κ3) is 3.45. The Morgan fingerprint density at radius 3 is 2.71 bits per heavy atom. The predicted molar refractivity (Wildman–Crippen MR) is 57.3 cm³/mol. The molecule has 3 N–H and O–H groups in total. The first-order chi connectivity index (χ1) is 6.72. The molecule has 0 radical (unpaired) electrons. The minimum Gasteiger partial charge on any atom is -0.448 e. The van der Waals surface area contributed by atoms with Crippen molar-refractivity contribution in [1.29, 1.82) is 0 Å². The zero-order valence-electron chi connectivity index (χ0n) is 8.12. The molecule has 4 heteroatoms. The van der Waals surface area contributed by atoms with Gasteiger partial charge in [-0.3, -0.25) is 5.32 Å². The highest BCUT2D eigenvalue weighted by molar-refractivity contribution is 5.84. The molecule has 1 aromatic carbocycles. The maximum atomic E-state index is 11.1. The van der Waals surface area contributed by atoms with Crippen molar-refractivity contribution in [1.82, 2.24) is 0 Å². The second-order valence-corrected chi connectivity index (χ2v) is 2.92. The Balaban J connectivity index is 0.00000196. The first kappa shape index (κ1) is 10.5. The molecule has 0 unspecified atom stereocenters. The molecule has 0 fully saturated rings. The van der Waals surface area contributed by atoms with Crippen LogP contribution in [0, 0.1) is 6.92 Å². The molecule has 0 aliphatic rings. The van der Waals surface area contributed by atoms with E-state index in [0.29, 0.717) is 6.54 Å². The minimum absolute atomic E-state index is 0. The molecular weight excluding hydrogens is 180 g/mol. The highest BCUT2D eigenvalue weighted by Gasteiger charge is 2.00. The zero-order valence-corrected chi connectivity index (χ0v) is 8.12. The van der Waals surface area contributed by atoms with E-state index >= 15 is 0 Å². The summed E-state index contributed by atoms with van der Waals surface area (Å²) < 4.78 is 4.75. The Morgan fingerprint density at radius 2 is 2.14 bits per heavy atom. The Labute approximate surface area is 84.5 Å². The van der Waals surface area contributed by atoms with Crippen molar-refractivity contribution in [2.24, 2.45) is 5.73 Å². The molecule has 4 nitrogen and oxygen atoms in total. The molecule has 1 aromatic rings. The van der Waals surface area contributed by atoms with Gasteiger partial charge in [-0.25, -0.2) is 4.79 Å². The number of carbonyl (C=O) groups is 1. The maximum absolute atomic E-state index is 11.1. The van der Waals surface area contributed by atoms with Crippen molar-refractivity contribution in [3.8, 4) is 0 Å². The van der Waals surface area contributed by atoms with Gasteiger partial charge in [-0.1, -0.05) is 17.7 Å². The van der Waals surface area contributed by atoms with Crippen LogP contribution in [0.1, 0.15) is 6.99 Å². The lowest BCUT2D eigenvalue weighted by molar-refractivity contribution is 0.165. The number of nitrogens with two attached hydrogens (primary N) is 1. The Morgan fingerprint density at radius 1 is 1.50 bits per heavy atom. The molecule has 0 aromatic heterocycles. The summed E-state index contributed by atoms with van der Waals surface area (Å²) in [7, 11) is 0. The van der Waals surface area contributed by atoms with Crippen LogP contribution in [0.5, 0.6) is 0 Å². The van der Waals surface area contributed by atoms with Crippen LogP contribution in [0.25, 0.3) is 0 Å². The number of ether oxygens (including phenoxy) is 1. The van der Waals surface area contributed by atoms with Crippen molar-refractivity contribution < 1.29 is 11.0 Å². The summed E-state index contributed by atoms with van der Waals surface area (Å²) in [5, 5.41) is 2.59. The van der Waals surface area contributed by atoms with E-state index in [1.165, 1.54) is 0 Å². The third-order valence-electron chi connectivity index (χ3n) is 1.65. The van der Waals surface area contributed by atoms with Crippen LogP contribution in [0.3, 0.4) is 0 Å². The molecule has 0 spiro atoms. The quantitative estimate of drug-likeness (QED) is 0.774. The molecule has 0 atom stereocenters. The average molecular weight is 196 g/mol. The minimum atomic E-state index is -0.473. The number of anilines is 1. The van der Waals surface area contributed by atoms with Gasteiger partial charge in [0.2, 0.25) is 0 Å². The summed E-state index contributed by atoms with van der Waals surface area (Å²) in [4.78, 5) is 11.1. The number of hydrogen-bond acceptors (Lipinski definition) is 3. The summed E-state index contributed by atoms with van der Waals surface area (Å²) >= 11 is 0. The summed E-state index contributed by atoms with van der Waals surface area (Å²) in [6.45, 7) is 2.55. The average Bonchev–Trinajstić information content (AvgIpc) is 2.18. The first-order valence-electron chi connectivity index (χ1n) is 4.43. The number of benzene rings is 1. The summed E-state index contributed by atoms with van der Waals surface area (Å²) in [5.74, 6) is 0. The molecule has 0 aliphatic heterocycles. The van der Waals surface area contributed by atoms with E-state index in [1.54, 1.807) is 0 Å². The van der Waals surface area contributed by atoms with Gasteiger partial charge < -0.3 is 10.5 Å². The van der Waals surface area contributed by atoms with Crippen LogP contribution >= 0.6 is 0 Å². The summed E-state index contributed by atoms with van der Waals surface area (Å²) in [6.07, 6.45) is -0.473. The SMILES string of the molecule is Cc1ccc(NC(=O)OCCN)cc1.[HH]. The summed E-state index contributed by atoms with van der Waals surface area (Å²) in [5.41, 5.74) is 7.05. The van der Waals surface area contributed by atoms with Crippen molar-refractivity contribution >= 4 is 11.8 Å². The van der Waals surface area contributed by atoms with Crippen LogP contribution in [0.2, 0.25) is 0 Å². The van der Waals surface area contributed by atoms with E-state index in [9.17, 15) is 4.79 Å². The molecule has 0 heterocycles. The van der Waals surface area contributed by atoms with E-state index in [-0.39, 0.29) is 8.03 Å². The lowest BCUT2D eigenvalue weighted by atomic mass is 10.2. The first-order valence-corrected chi connectivity index (χ1v) is 4.43. The second-order valence-electron chi connectivity index (χ2n) is 2.92. The van der Waals surface area contributed by atoms with Gasteiger partial charge >= 0.3 is 6.09 Å². The summed E-state index contributed by atoms with van der Waals surface area (Å²) in [6, 6.07) is 7.47. The molecule has 1 amide bonds. The number of hydrogen-bond donors (Lipinski definition) is 2. The number of aryl methyl sites for hydroxylation is 1. The number of amides is 1. The number of nitrogens with one attached hydrogen (secondary N) is 1. The van der Waals surface area contributed by atoms with E-state index in [4.69, 9.17) is 10.5 Å². The lowest BCUT2D eigenvalue weighted by Gasteiger charge is -2.05. The van der Waals surface area contributed by atoms with Crippen molar-refractivity contribution in [3.63, 3.8) is 0 Å². The Bertz CT molecular complexity index is 301. The van der Waals surface area contributed by atoms with Crippen LogP contribution in [0.15, 0.2) is 24.3 Å². The smallest absolute Gasteiger partial charge is 0.411 e. The number of carbonyl (C=O) groups excluding carboxylic acids is 1. The van der Waals surface area contributed by atoms with Gasteiger partial charge in [-0.2, -0.15) is 0 Å². The normalized spacial score (nSPS) is 9.57. The molecule has 0 saturated heterocycles. The lowest BCUT2D eigenvalue weighted by Crippen LogP contribution is -2.18.